The molecule has 20 heavy (non-hydrogen) atoms. The number of rotatable bonds is 10. The van der Waals surface area contributed by atoms with Crippen molar-refractivity contribution in [3.63, 3.8) is 0 Å². The Morgan fingerprint density at radius 3 is 2.85 bits per heavy atom. The van der Waals surface area contributed by atoms with Gasteiger partial charge < -0.3 is 5.32 Å². The highest BCUT2D eigenvalue weighted by molar-refractivity contribution is 7.09. The standard InChI is InChI=1S/C14H24ClN3OS/c1-3-7-18(10-13(19)16-2)8-5-4-6-14-17-12(9-15)11-20-14/h11H,3-10H2,1-2H3,(H,16,19). The summed E-state index contributed by atoms with van der Waals surface area (Å²) in [5.41, 5.74) is 0.971. The summed E-state index contributed by atoms with van der Waals surface area (Å²) in [4.78, 5) is 18.1. The van der Waals surface area contributed by atoms with Gasteiger partial charge in [-0.05, 0) is 38.8 Å². The van der Waals surface area contributed by atoms with E-state index in [4.69, 9.17) is 11.6 Å². The SMILES string of the molecule is CCCN(CCCCc1nc(CCl)cs1)CC(=O)NC. The number of hydrogen-bond acceptors (Lipinski definition) is 4. The quantitative estimate of drug-likeness (QED) is 0.533. The number of hydrogen-bond donors (Lipinski definition) is 1. The van der Waals surface area contributed by atoms with E-state index < -0.39 is 0 Å². The lowest BCUT2D eigenvalue weighted by Gasteiger charge is -2.20. The molecule has 0 radical (unpaired) electrons. The zero-order chi connectivity index (χ0) is 14.8. The molecule has 0 atom stereocenters. The number of nitrogens with zero attached hydrogens (tertiary/aromatic N) is 2. The predicted octanol–water partition coefficient (Wildman–Crippen LogP) is 2.66. The van der Waals surface area contributed by atoms with Crippen LogP contribution in [0.2, 0.25) is 0 Å². The molecule has 4 nitrogen and oxygen atoms in total. The topological polar surface area (TPSA) is 45.2 Å². The van der Waals surface area contributed by atoms with E-state index in [1.54, 1.807) is 18.4 Å². The third-order valence-corrected chi connectivity index (χ3v) is 4.27. The highest BCUT2D eigenvalue weighted by atomic mass is 35.5. The third-order valence-electron chi connectivity index (χ3n) is 3.04. The van der Waals surface area contributed by atoms with Gasteiger partial charge in [0.15, 0.2) is 0 Å². The first-order valence-corrected chi connectivity index (χ1v) is 8.53. The van der Waals surface area contributed by atoms with Crippen LogP contribution in [0.5, 0.6) is 0 Å². The number of aryl methyl sites for hydroxylation is 1. The Balaban J connectivity index is 2.24. The van der Waals surface area contributed by atoms with Crippen LogP contribution < -0.4 is 5.32 Å². The van der Waals surface area contributed by atoms with Crippen molar-refractivity contribution in [3.8, 4) is 0 Å². The van der Waals surface area contributed by atoms with Gasteiger partial charge in [-0.15, -0.1) is 22.9 Å². The molecule has 0 saturated heterocycles. The van der Waals surface area contributed by atoms with Crippen LogP contribution in [0.1, 0.15) is 36.9 Å². The maximum absolute atomic E-state index is 11.4. The first-order valence-electron chi connectivity index (χ1n) is 7.11. The molecule has 1 aromatic rings. The lowest BCUT2D eigenvalue weighted by Crippen LogP contribution is -2.36. The van der Waals surface area contributed by atoms with Gasteiger partial charge in [0.2, 0.25) is 5.91 Å². The minimum Gasteiger partial charge on any atom is -0.358 e. The number of aromatic nitrogens is 1. The van der Waals surface area contributed by atoms with Crippen molar-refractivity contribution in [1.82, 2.24) is 15.2 Å². The van der Waals surface area contributed by atoms with Crippen molar-refractivity contribution in [2.75, 3.05) is 26.7 Å². The molecule has 1 rings (SSSR count). The summed E-state index contributed by atoms with van der Waals surface area (Å²) in [5.74, 6) is 0.581. The summed E-state index contributed by atoms with van der Waals surface area (Å²) >= 11 is 7.42. The van der Waals surface area contributed by atoms with Crippen molar-refractivity contribution >= 4 is 28.8 Å². The third kappa shape index (κ3) is 6.68. The highest BCUT2D eigenvalue weighted by Crippen LogP contribution is 2.14. The maximum atomic E-state index is 11.4. The molecular formula is C14H24ClN3OS. The predicted molar refractivity (Wildman–Crippen MR) is 85.4 cm³/mol. The average Bonchev–Trinajstić information content (AvgIpc) is 2.91. The first-order chi connectivity index (χ1) is 9.69. The van der Waals surface area contributed by atoms with Gasteiger partial charge in [0.05, 0.1) is 23.1 Å². The van der Waals surface area contributed by atoms with Gasteiger partial charge in [0.1, 0.15) is 0 Å². The van der Waals surface area contributed by atoms with E-state index in [1.807, 2.05) is 5.38 Å². The summed E-state index contributed by atoms with van der Waals surface area (Å²) in [5, 5.41) is 5.86. The molecule has 1 N–H and O–H groups in total. The number of halogens is 1. The Morgan fingerprint density at radius 1 is 1.45 bits per heavy atom. The van der Waals surface area contributed by atoms with Crippen molar-refractivity contribution in [2.24, 2.45) is 0 Å². The molecule has 0 aliphatic rings. The van der Waals surface area contributed by atoms with Crippen LogP contribution >= 0.6 is 22.9 Å². The number of carbonyl (C=O) groups is 1. The van der Waals surface area contributed by atoms with Gasteiger partial charge in [0, 0.05) is 12.4 Å². The summed E-state index contributed by atoms with van der Waals surface area (Å²) < 4.78 is 0. The number of unbranched alkanes of at least 4 members (excludes halogenated alkanes) is 1. The Bertz CT molecular complexity index is 398. The van der Waals surface area contributed by atoms with E-state index in [9.17, 15) is 4.79 Å². The van der Waals surface area contributed by atoms with E-state index in [1.165, 1.54) is 0 Å². The fourth-order valence-electron chi connectivity index (χ4n) is 2.01. The smallest absolute Gasteiger partial charge is 0.233 e. The maximum Gasteiger partial charge on any atom is 0.233 e. The fraction of sp³-hybridized carbons (Fsp3) is 0.714. The molecule has 6 heteroatoms. The minimum absolute atomic E-state index is 0.0881. The number of thiazole rings is 1. The number of alkyl halides is 1. The van der Waals surface area contributed by atoms with Crippen molar-refractivity contribution in [1.29, 1.82) is 0 Å². The van der Waals surface area contributed by atoms with Gasteiger partial charge in [0.25, 0.3) is 0 Å². The number of carbonyl (C=O) groups excluding carboxylic acids is 1. The molecule has 1 aromatic heterocycles. The van der Waals surface area contributed by atoms with Crippen molar-refractivity contribution in [2.45, 2.75) is 38.5 Å². The molecule has 1 amide bonds. The zero-order valence-electron chi connectivity index (χ0n) is 12.3. The van der Waals surface area contributed by atoms with Crippen LogP contribution in [-0.2, 0) is 17.1 Å². The molecule has 0 unspecified atom stereocenters. The number of likely N-dealkylation sites (N-methyl/N-ethyl adjacent to an activating group) is 1. The average molecular weight is 318 g/mol. The van der Waals surface area contributed by atoms with Crippen LogP contribution in [0.4, 0.5) is 0 Å². The molecule has 0 aromatic carbocycles. The minimum atomic E-state index is 0.0881. The second-order valence-electron chi connectivity index (χ2n) is 4.77. The number of nitrogens with one attached hydrogen (secondary N) is 1. The normalized spacial score (nSPS) is 11.0. The second kappa shape index (κ2) is 10.1. The monoisotopic (exact) mass is 317 g/mol. The van der Waals surface area contributed by atoms with E-state index in [2.05, 4.69) is 22.1 Å². The van der Waals surface area contributed by atoms with Crippen LogP contribution in [0.15, 0.2) is 5.38 Å². The summed E-state index contributed by atoms with van der Waals surface area (Å²) in [7, 11) is 1.68. The largest absolute Gasteiger partial charge is 0.358 e. The van der Waals surface area contributed by atoms with Crippen molar-refractivity contribution in [3.05, 3.63) is 16.1 Å². The first kappa shape index (κ1) is 17.4. The van der Waals surface area contributed by atoms with Gasteiger partial charge in [-0.25, -0.2) is 4.98 Å². The van der Waals surface area contributed by atoms with E-state index in [-0.39, 0.29) is 5.91 Å². The zero-order valence-corrected chi connectivity index (χ0v) is 13.9. The second-order valence-corrected chi connectivity index (χ2v) is 5.98. The molecular weight excluding hydrogens is 294 g/mol. The molecule has 0 aliphatic heterocycles. The van der Waals surface area contributed by atoms with Gasteiger partial charge in [-0.3, -0.25) is 9.69 Å². The Morgan fingerprint density at radius 2 is 2.25 bits per heavy atom. The lowest BCUT2D eigenvalue weighted by molar-refractivity contribution is -0.121. The summed E-state index contributed by atoms with van der Waals surface area (Å²) in [6.45, 7) is 4.58. The molecule has 0 saturated carbocycles. The van der Waals surface area contributed by atoms with Crippen LogP contribution in [0.3, 0.4) is 0 Å². The van der Waals surface area contributed by atoms with Gasteiger partial charge >= 0.3 is 0 Å². The van der Waals surface area contributed by atoms with Gasteiger partial charge in [-0.2, -0.15) is 0 Å². The molecule has 0 aliphatic carbocycles. The lowest BCUT2D eigenvalue weighted by atomic mass is 10.2. The van der Waals surface area contributed by atoms with Crippen LogP contribution in [0, 0.1) is 0 Å². The summed E-state index contributed by atoms with van der Waals surface area (Å²) in [6, 6.07) is 0. The Kier molecular flexibility index (Phi) is 8.82. The fourth-order valence-corrected chi connectivity index (χ4v) is 3.07. The molecule has 0 spiro atoms. The highest BCUT2D eigenvalue weighted by Gasteiger charge is 2.08. The molecule has 0 bridgehead atoms. The van der Waals surface area contributed by atoms with Crippen molar-refractivity contribution < 1.29 is 4.79 Å². The molecule has 0 fully saturated rings. The van der Waals surface area contributed by atoms with Crippen LogP contribution in [0.25, 0.3) is 0 Å². The number of amides is 1. The molecule has 1 heterocycles. The summed E-state index contributed by atoms with van der Waals surface area (Å²) in [6.07, 6.45) is 4.26. The van der Waals surface area contributed by atoms with Crippen LogP contribution in [-0.4, -0.2) is 42.5 Å². The van der Waals surface area contributed by atoms with Gasteiger partial charge in [-0.1, -0.05) is 6.92 Å². The molecule has 114 valence electrons. The van der Waals surface area contributed by atoms with E-state index in [0.717, 1.165) is 49.5 Å². The van der Waals surface area contributed by atoms with E-state index in [0.29, 0.717) is 12.4 Å². The Labute approximate surface area is 130 Å². The Hall–Kier alpha value is -0.650. The van der Waals surface area contributed by atoms with E-state index >= 15 is 0 Å².